The van der Waals surface area contributed by atoms with Gasteiger partial charge in [0.05, 0.1) is 6.10 Å². The molecule has 0 aliphatic heterocycles. The normalized spacial score (nSPS) is 28.0. The third-order valence-corrected chi connectivity index (χ3v) is 5.33. The van der Waals surface area contributed by atoms with Crippen LogP contribution in [0.5, 0.6) is 0 Å². The van der Waals surface area contributed by atoms with Gasteiger partial charge >= 0.3 is 6.18 Å². The van der Waals surface area contributed by atoms with E-state index < -0.39 is 18.9 Å². The summed E-state index contributed by atoms with van der Waals surface area (Å²) in [6, 6.07) is 0. The van der Waals surface area contributed by atoms with Crippen LogP contribution in [0.1, 0.15) is 71.1 Å². The molecule has 2 aliphatic rings. The van der Waals surface area contributed by atoms with E-state index in [1.165, 1.54) is 63.4 Å². The molecule has 0 bridgehead atoms. The van der Waals surface area contributed by atoms with Crippen molar-refractivity contribution in [2.45, 2.75) is 83.4 Å². The first-order valence-electron chi connectivity index (χ1n) is 9.54. The molecule has 1 saturated carbocycles. The van der Waals surface area contributed by atoms with Crippen molar-refractivity contribution in [3.8, 4) is 0 Å². The minimum Gasteiger partial charge on any atom is -0.364 e. The summed E-state index contributed by atoms with van der Waals surface area (Å²) in [6.45, 7) is 1.09. The Bertz CT molecular complexity index is 417. The minimum absolute atomic E-state index is 0.426. The maximum atomic E-state index is 12.2. The molecule has 0 N–H and O–H groups in total. The van der Waals surface area contributed by atoms with Gasteiger partial charge in [-0.3, -0.25) is 0 Å². The van der Waals surface area contributed by atoms with E-state index in [2.05, 4.69) is 13.0 Å². The van der Waals surface area contributed by atoms with E-state index in [9.17, 15) is 13.2 Å². The highest BCUT2D eigenvalue weighted by molar-refractivity contribution is 5.27. The van der Waals surface area contributed by atoms with Gasteiger partial charge in [0.2, 0.25) is 0 Å². The number of halogens is 3. The van der Waals surface area contributed by atoms with Crippen LogP contribution >= 0.6 is 0 Å². The van der Waals surface area contributed by atoms with Crippen LogP contribution in [0, 0.1) is 11.8 Å². The summed E-state index contributed by atoms with van der Waals surface area (Å²) in [5.74, 6) is 1.48. The summed E-state index contributed by atoms with van der Waals surface area (Å²) in [5, 5.41) is 0. The molecule has 24 heavy (non-hydrogen) atoms. The Morgan fingerprint density at radius 2 is 1.83 bits per heavy atom. The van der Waals surface area contributed by atoms with Crippen molar-refractivity contribution in [1.29, 1.82) is 0 Å². The lowest BCUT2D eigenvalue weighted by molar-refractivity contribution is -0.180. The number of allylic oxidation sites excluding steroid dienone is 2. The molecule has 1 nitrogen and oxygen atoms in total. The molecule has 2 aliphatic carbocycles. The average Bonchev–Trinajstić information content (AvgIpc) is 2.57. The van der Waals surface area contributed by atoms with Gasteiger partial charge in [-0.1, -0.05) is 57.3 Å². The topological polar surface area (TPSA) is 9.23 Å². The lowest BCUT2D eigenvalue weighted by atomic mass is 9.76. The van der Waals surface area contributed by atoms with Gasteiger partial charge < -0.3 is 4.74 Å². The molecule has 0 saturated heterocycles. The summed E-state index contributed by atoms with van der Waals surface area (Å²) in [4.78, 5) is 0. The van der Waals surface area contributed by atoms with E-state index in [0.29, 0.717) is 12.3 Å². The largest absolute Gasteiger partial charge is 0.411 e. The van der Waals surface area contributed by atoms with E-state index in [1.807, 2.05) is 6.08 Å². The summed E-state index contributed by atoms with van der Waals surface area (Å²) in [6.07, 6.45) is 13.6. The van der Waals surface area contributed by atoms with Crippen LogP contribution in [0.3, 0.4) is 0 Å². The number of hydrogen-bond acceptors (Lipinski definition) is 1. The van der Waals surface area contributed by atoms with E-state index in [0.717, 1.165) is 5.92 Å². The van der Waals surface area contributed by atoms with Crippen molar-refractivity contribution >= 4 is 0 Å². The molecule has 138 valence electrons. The smallest absolute Gasteiger partial charge is 0.364 e. The van der Waals surface area contributed by atoms with Crippen LogP contribution < -0.4 is 0 Å². The summed E-state index contributed by atoms with van der Waals surface area (Å²) < 4.78 is 41.5. The van der Waals surface area contributed by atoms with Crippen LogP contribution in [-0.2, 0) is 4.74 Å². The van der Waals surface area contributed by atoms with Crippen molar-refractivity contribution < 1.29 is 17.9 Å². The lowest BCUT2D eigenvalue weighted by Gasteiger charge is -2.31. The van der Waals surface area contributed by atoms with Gasteiger partial charge in [0.25, 0.3) is 0 Å². The molecule has 1 fully saturated rings. The molecule has 0 amide bonds. The van der Waals surface area contributed by atoms with Crippen LogP contribution in [0.2, 0.25) is 0 Å². The third-order valence-electron chi connectivity index (χ3n) is 5.33. The highest BCUT2D eigenvalue weighted by atomic mass is 19.4. The fourth-order valence-corrected chi connectivity index (χ4v) is 3.89. The van der Waals surface area contributed by atoms with Crippen LogP contribution in [0.15, 0.2) is 23.8 Å². The Morgan fingerprint density at radius 1 is 1.08 bits per heavy atom. The van der Waals surface area contributed by atoms with E-state index >= 15 is 0 Å². The number of unbranched alkanes of at least 4 members (excludes halogenated alkanes) is 3. The van der Waals surface area contributed by atoms with Gasteiger partial charge in [0.15, 0.2) is 0 Å². The van der Waals surface area contributed by atoms with Crippen molar-refractivity contribution in [3.63, 3.8) is 0 Å². The van der Waals surface area contributed by atoms with Crippen molar-refractivity contribution in [2.75, 3.05) is 6.61 Å². The molecule has 0 spiro atoms. The van der Waals surface area contributed by atoms with E-state index in [1.54, 1.807) is 6.08 Å². The Morgan fingerprint density at radius 3 is 2.42 bits per heavy atom. The standard InChI is InChI=1S/C20H31F3O/c1-2-3-4-5-6-16-7-9-17(10-8-16)18-11-13-19(14-12-18)24-15-20(21,22)23/h11-13,16-17,19H,2-10,14-15H2,1H3. The second-order valence-corrected chi connectivity index (χ2v) is 7.33. The van der Waals surface area contributed by atoms with Gasteiger partial charge in [0, 0.05) is 0 Å². The molecular weight excluding hydrogens is 313 g/mol. The van der Waals surface area contributed by atoms with Gasteiger partial charge in [-0.15, -0.1) is 0 Å². The molecule has 0 aromatic carbocycles. The third kappa shape index (κ3) is 7.00. The molecule has 4 heteroatoms. The molecule has 1 unspecified atom stereocenters. The number of alkyl halides is 3. The Labute approximate surface area is 144 Å². The van der Waals surface area contributed by atoms with E-state index in [-0.39, 0.29) is 0 Å². The van der Waals surface area contributed by atoms with Crippen molar-refractivity contribution in [1.82, 2.24) is 0 Å². The van der Waals surface area contributed by atoms with Crippen molar-refractivity contribution in [3.05, 3.63) is 23.8 Å². The quantitative estimate of drug-likeness (QED) is 0.451. The first kappa shape index (κ1) is 19.6. The highest BCUT2D eigenvalue weighted by Crippen LogP contribution is 2.37. The highest BCUT2D eigenvalue weighted by Gasteiger charge is 2.29. The van der Waals surface area contributed by atoms with Crippen LogP contribution in [0.25, 0.3) is 0 Å². The predicted molar refractivity (Wildman–Crippen MR) is 91.8 cm³/mol. The minimum atomic E-state index is -4.24. The van der Waals surface area contributed by atoms with Crippen LogP contribution in [0.4, 0.5) is 13.2 Å². The molecule has 0 aromatic rings. The van der Waals surface area contributed by atoms with Gasteiger partial charge in [-0.05, 0) is 49.5 Å². The van der Waals surface area contributed by atoms with Gasteiger partial charge in [-0.25, -0.2) is 0 Å². The molecule has 2 rings (SSSR count). The second-order valence-electron chi connectivity index (χ2n) is 7.33. The monoisotopic (exact) mass is 344 g/mol. The first-order chi connectivity index (χ1) is 11.5. The maximum Gasteiger partial charge on any atom is 0.411 e. The molecule has 0 heterocycles. The zero-order chi connectivity index (χ0) is 17.4. The Hall–Kier alpha value is -0.770. The fraction of sp³-hybridized carbons (Fsp3) is 0.800. The SMILES string of the molecule is CCCCCCC1CCC(C2=CCC(OCC(F)(F)F)C=C2)CC1. The molecular formula is C20H31F3O. The molecule has 0 aromatic heterocycles. The van der Waals surface area contributed by atoms with Gasteiger partial charge in [0.1, 0.15) is 6.61 Å². The lowest BCUT2D eigenvalue weighted by Crippen LogP contribution is -2.23. The number of rotatable bonds is 8. The van der Waals surface area contributed by atoms with Crippen molar-refractivity contribution in [2.24, 2.45) is 11.8 Å². The zero-order valence-corrected chi connectivity index (χ0v) is 14.8. The zero-order valence-electron chi connectivity index (χ0n) is 14.8. The average molecular weight is 344 g/mol. The second kappa shape index (κ2) is 9.65. The first-order valence-corrected chi connectivity index (χ1v) is 9.54. The number of hydrogen-bond donors (Lipinski definition) is 0. The van der Waals surface area contributed by atoms with Crippen LogP contribution in [-0.4, -0.2) is 18.9 Å². The maximum absolute atomic E-state index is 12.2. The Balaban J connectivity index is 1.66. The predicted octanol–water partition coefficient (Wildman–Crippen LogP) is 6.60. The Kier molecular flexibility index (Phi) is 7.86. The van der Waals surface area contributed by atoms with Gasteiger partial charge in [-0.2, -0.15) is 13.2 Å². The van der Waals surface area contributed by atoms with E-state index in [4.69, 9.17) is 4.74 Å². The summed E-state index contributed by atoms with van der Waals surface area (Å²) in [5.41, 5.74) is 1.31. The fourth-order valence-electron chi connectivity index (χ4n) is 3.89. The summed E-state index contributed by atoms with van der Waals surface area (Å²) >= 11 is 0. The molecule has 1 atom stereocenters. The summed E-state index contributed by atoms with van der Waals surface area (Å²) in [7, 11) is 0. The number of ether oxygens (including phenoxy) is 1. The molecule has 0 radical (unpaired) electrons.